The Hall–Kier alpha value is -1.56. The first-order valence-electron chi connectivity index (χ1n) is 7.01. The summed E-state index contributed by atoms with van der Waals surface area (Å²) < 4.78 is 1.03. The van der Waals surface area contributed by atoms with Crippen molar-refractivity contribution in [2.75, 3.05) is 5.32 Å². The van der Waals surface area contributed by atoms with Gasteiger partial charge in [-0.1, -0.05) is 42.5 Å². The topological polar surface area (TPSA) is 41.1 Å². The minimum absolute atomic E-state index is 0.131. The Bertz CT molecular complexity index is 586. The van der Waals surface area contributed by atoms with E-state index in [0.29, 0.717) is 0 Å². The van der Waals surface area contributed by atoms with Crippen LogP contribution in [0.1, 0.15) is 18.9 Å². The maximum Gasteiger partial charge on any atom is 0.319 e. The van der Waals surface area contributed by atoms with Crippen LogP contribution in [0.2, 0.25) is 0 Å². The molecule has 0 aliphatic carbocycles. The molecule has 2 aromatic carbocycles. The number of amides is 2. The number of anilines is 1. The number of para-hydroxylation sites is 1. The Morgan fingerprint density at radius 2 is 1.76 bits per heavy atom. The Labute approximate surface area is 139 Å². The van der Waals surface area contributed by atoms with E-state index < -0.39 is 0 Å². The van der Waals surface area contributed by atoms with Gasteiger partial charge < -0.3 is 10.6 Å². The molecule has 21 heavy (non-hydrogen) atoms. The van der Waals surface area contributed by atoms with Crippen LogP contribution < -0.4 is 10.6 Å². The number of rotatable bonds is 5. The number of hydrogen-bond donors (Lipinski definition) is 2. The number of nitrogens with one attached hydrogen (secondary N) is 2. The van der Waals surface area contributed by atoms with Crippen molar-refractivity contribution < 1.29 is 4.79 Å². The molecule has 0 aliphatic heterocycles. The standard InChI is InChI=1S/C17H19IN2O/c1-13(11-12-14-7-3-2-4-8-14)19-17(21)20-16-10-6-5-9-15(16)18/h2-10,13H,11-12H2,1H3,(H2,19,20,21). The third kappa shape index (κ3) is 5.38. The minimum atomic E-state index is -0.153. The largest absolute Gasteiger partial charge is 0.335 e. The minimum Gasteiger partial charge on any atom is -0.335 e. The van der Waals surface area contributed by atoms with E-state index in [4.69, 9.17) is 0 Å². The molecule has 0 radical (unpaired) electrons. The summed E-state index contributed by atoms with van der Waals surface area (Å²) in [6, 6.07) is 18.0. The summed E-state index contributed by atoms with van der Waals surface area (Å²) in [4.78, 5) is 12.0. The molecule has 0 spiro atoms. The van der Waals surface area contributed by atoms with Crippen LogP contribution in [0.15, 0.2) is 54.6 Å². The monoisotopic (exact) mass is 394 g/mol. The van der Waals surface area contributed by atoms with E-state index in [-0.39, 0.29) is 12.1 Å². The Morgan fingerprint density at radius 1 is 1.10 bits per heavy atom. The number of carbonyl (C=O) groups excluding carboxylic acids is 1. The molecule has 0 fully saturated rings. The summed E-state index contributed by atoms with van der Waals surface area (Å²) in [6.07, 6.45) is 1.88. The van der Waals surface area contributed by atoms with E-state index in [2.05, 4.69) is 45.4 Å². The zero-order chi connectivity index (χ0) is 15.1. The van der Waals surface area contributed by atoms with E-state index in [0.717, 1.165) is 22.1 Å². The van der Waals surface area contributed by atoms with Gasteiger partial charge in [-0.3, -0.25) is 0 Å². The number of hydrogen-bond acceptors (Lipinski definition) is 1. The molecule has 2 rings (SSSR count). The molecule has 2 amide bonds. The first-order valence-corrected chi connectivity index (χ1v) is 8.09. The fourth-order valence-electron chi connectivity index (χ4n) is 2.04. The molecule has 1 atom stereocenters. The van der Waals surface area contributed by atoms with Crippen LogP contribution in [0.4, 0.5) is 10.5 Å². The molecule has 3 nitrogen and oxygen atoms in total. The van der Waals surface area contributed by atoms with Gasteiger partial charge in [0.05, 0.1) is 5.69 Å². The highest BCUT2D eigenvalue weighted by molar-refractivity contribution is 14.1. The smallest absolute Gasteiger partial charge is 0.319 e. The van der Waals surface area contributed by atoms with Crippen molar-refractivity contribution in [2.45, 2.75) is 25.8 Å². The maximum absolute atomic E-state index is 12.0. The van der Waals surface area contributed by atoms with E-state index in [9.17, 15) is 4.79 Å². The quantitative estimate of drug-likeness (QED) is 0.724. The van der Waals surface area contributed by atoms with Gasteiger partial charge in [0.15, 0.2) is 0 Å². The number of urea groups is 1. The maximum atomic E-state index is 12.0. The van der Waals surface area contributed by atoms with Crippen LogP contribution >= 0.6 is 22.6 Å². The highest BCUT2D eigenvalue weighted by Gasteiger charge is 2.08. The summed E-state index contributed by atoms with van der Waals surface area (Å²) in [6.45, 7) is 2.03. The van der Waals surface area contributed by atoms with Gasteiger partial charge in [-0.25, -0.2) is 4.79 Å². The van der Waals surface area contributed by atoms with Crippen molar-refractivity contribution in [3.8, 4) is 0 Å². The molecule has 0 heterocycles. The first kappa shape index (κ1) is 15.8. The lowest BCUT2D eigenvalue weighted by molar-refractivity contribution is 0.248. The summed E-state index contributed by atoms with van der Waals surface area (Å²) in [5.41, 5.74) is 2.13. The molecule has 110 valence electrons. The van der Waals surface area contributed by atoms with Gasteiger partial charge in [0, 0.05) is 9.61 Å². The normalized spacial score (nSPS) is 11.7. The van der Waals surface area contributed by atoms with Gasteiger partial charge in [0.25, 0.3) is 0 Å². The van der Waals surface area contributed by atoms with Crippen molar-refractivity contribution in [2.24, 2.45) is 0 Å². The number of benzene rings is 2. The van der Waals surface area contributed by atoms with Crippen LogP contribution in [-0.4, -0.2) is 12.1 Å². The van der Waals surface area contributed by atoms with Crippen molar-refractivity contribution >= 4 is 34.3 Å². The highest BCUT2D eigenvalue weighted by Crippen LogP contribution is 2.16. The third-order valence-electron chi connectivity index (χ3n) is 3.21. The average molecular weight is 394 g/mol. The Balaban J connectivity index is 1.78. The van der Waals surface area contributed by atoms with Gasteiger partial charge in [0.2, 0.25) is 0 Å². The molecular weight excluding hydrogens is 375 g/mol. The molecule has 0 bridgehead atoms. The number of halogens is 1. The predicted octanol–water partition coefficient (Wildman–Crippen LogP) is 4.43. The zero-order valence-electron chi connectivity index (χ0n) is 12.0. The number of aryl methyl sites for hydroxylation is 1. The van der Waals surface area contributed by atoms with Crippen molar-refractivity contribution in [1.29, 1.82) is 0 Å². The van der Waals surface area contributed by atoms with Crippen LogP contribution in [0.25, 0.3) is 0 Å². The molecule has 0 saturated carbocycles. The van der Waals surface area contributed by atoms with Crippen LogP contribution in [-0.2, 0) is 6.42 Å². The van der Waals surface area contributed by atoms with Crippen LogP contribution in [0.3, 0.4) is 0 Å². The van der Waals surface area contributed by atoms with Gasteiger partial charge >= 0.3 is 6.03 Å². The van der Waals surface area contributed by atoms with E-state index in [1.807, 2.05) is 49.4 Å². The second-order valence-corrected chi connectivity index (χ2v) is 6.17. The Morgan fingerprint density at radius 3 is 2.48 bits per heavy atom. The van der Waals surface area contributed by atoms with Crippen molar-refractivity contribution in [3.63, 3.8) is 0 Å². The van der Waals surface area contributed by atoms with Crippen LogP contribution in [0.5, 0.6) is 0 Å². The van der Waals surface area contributed by atoms with Crippen molar-refractivity contribution in [3.05, 3.63) is 63.7 Å². The van der Waals surface area contributed by atoms with E-state index in [1.54, 1.807) is 0 Å². The Kier molecular flexibility index (Phi) is 6.04. The molecule has 1 unspecified atom stereocenters. The fourth-order valence-corrected chi connectivity index (χ4v) is 2.57. The second kappa shape index (κ2) is 8.02. The molecule has 2 N–H and O–H groups in total. The summed E-state index contributed by atoms with van der Waals surface area (Å²) in [7, 11) is 0. The van der Waals surface area contributed by atoms with E-state index >= 15 is 0 Å². The predicted molar refractivity (Wildman–Crippen MR) is 95.5 cm³/mol. The summed E-state index contributed by atoms with van der Waals surface area (Å²) in [5.74, 6) is 0. The lowest BCUT2D eigenvalue weighted by atomic mass is 10.1. The summed E-state index contributed by atoms with van der Waals surface area (Å²) in [5, 5.41) is 5.85. The lowest BCUT2D eigenvalue weighted by Gasteiger charge is -2.15. The van der Waals surface area contributed by atoms with Crippen LogP contribution in [0, 0.1) is 3.57 Å². The van der Waals surface area contributed by atoms with Gasteiger partial charge in [0.1, 0.15) is 0 Å². The lowest BCUT2D eigenvalue weighted by Crippen LogP contribution is -2.36. The molecule has 4 heteroatoms. The average Bonchev–Trinajstić information content (AvgIpc) is 2.48. The number of carbonyl (C=O) groups is 1. The van der Waals surface area contributed by atoms with E-state index in [1.165, 1.54) is 5.56 Å². The fraction of sp³-hybridized carbons (Fsp3) is 0.235. The summed E-state index contributed by atoms with van der Waals surface area (Å²) >= 11 is 2.21. The molecule has 0 aliphatic rings. The van der Waals surface area contributed by atoms with Crippen molar-refractivity contribution in [1.82, 2.24) is 5.32 Å². The SMILES string of the molecule is CC(CCc1ccccc1)NC(=O)Nc1ccccc1I. The van der Waals surface area contributed by atoms with Gasteiger partial charge in [-0.15, -0.1) is 0 Å². The third-order valence-corrected chi connectivity index (χ3v) is 4.15. The van der Waals surface area contributed by atoms with Gasteiger partial charge in [-0.05, 0) is 60.1 Å². The molecular formula is C17H19IN2O. The molecule has 2 aromatic rings. The highest BCUT2D eigenvalue weighted by atomic mass is 127. The van der Waals surface area contributed by atoms with Gasteiger partial charge in [-0.2, -0.15) is 0 Å². The second-order valence-electron chi connectivity index (χ2n) is 5.00. The first-order chi connectivity index (χ1) is 10.1. The molecule has 0 aromatic heterocycles. The molecule has 0 saturated heterocycles. The zero-order valence-corrected chi connectivity index (χ0v) is 14.1.